The molecule has 1 aromatic heterocycles. The fraction of sp³-hybridized carbons (Fsp3) is 0.250. The number of alkyl halides is 3. The summed E-state index contributed by atoms with van der Waals surface area (Å²) in [5.74, 6) is -2.83. The molecule has 3 aromatic rings. The van der Waals surface area contributed by atoms with E-state index < -0.39 is 41.2 Å². The molecular formula is C20H18F5N3O2. The molecule has 3 rings (SSSR count). The minimum atomic E-state index is -4.95. The van der Waals surface area contributed by atoms with E-state index in [9.17, 15) is 26.7 Å². The molecule has 0 saturated heterocycles. The fourth-order valence-electron chi connectivity index (χ4n) is 3.13. The number of urea groups is 1. The number of anilines is 1. The second-order valence-corrected chi connectivity index (χ2v) is 6.77. The fourth-order valence-corrected chi connectivity index (χ4v) is 3.13. The van der Waals surface area contributed by atoms with E-state index >= 15 is 0 Å². The van der Waals surface area contributed by atoms with Crippen LogP contribution < -0.4 is 16.4 Å². The van der Waals surface area contributed by atoms with E-state index in [1.807, 2.05) is 0 Å². The van der Waals surface area contributed by atoms with Gasteiger partial charge in [-0.05, 0) is 43.2 Å². The predicted octanol–water partition coefficient (Wildman–Crippen LogP) is 5.21. The van der Waals surface area contributed by atoms with Crippen molar-refractivity contribution in [1.82, 2.24) is 5.32 Å². The van der Waals surface area contributed by atoms with Crippen molar-refractivity contribution < 1.29 is 31.2 Å². The first-order chi connectivity index (χ1) is 14.0. The summed E-state index contributed by atoms with van der Waals surface area (Å²) in [5.41, 5.74) is 6.75. The number of carbonyl (C=O) groups is 1. The number of amides is 2. The Morgan fingerprint density at radius 2 is 1.87 bits per heavy atom. The van der Waals surface area contributed by atoms with Gasteiger partial charge in [-0.3, -0.25) is 0 Å². The lowest BCUT2D eigenvalue weighted by molar-refractivity contribution is -0.158. The Bertz CT molecular complexity index is 1110. The van der Waals surface area contributed by atoms with Gasteiger partial charge in [0, 0.05) is 29.2 Å². The molecule has 0 unspecified atom stereocenters. The van der Waals surface area contributed by atoms with Gasteiger partial charge in [0.25, 0.3) is 0 Å². The molecule has 5 nitrogen and oxygen atoms in total. The zero-order chi connectivity index (χ0) is 22.2. The Labute approximate surface area is 168 Å². The first-order valence-corrected chi connectivity index (χ1v) is 8.83. The second-order valence-electron chi connectivity index (χ2n) is 6.77. The van der Waals surface area contributed by atoms with Gasteiger partial charge in [-0.1, -0.05) is 6.07 Å². The second kappa shape index (κ2) is 7.94. The number of benzene rings is 2. The molecule has 0 fully saturated rings. The van der Waals surface area contributed by atoms with E-state index in [0.29, 0.717) is 6.07 Å². The number of fused-ring (bicyclic) bond motifs is 1. The van der Waals surface area contributed by atoms with Crippen molar-refractivity contribution in [2.45, 2.75) is 32.6 Å². The molecule has 1 atom stereocenters. The van der Waals surface area contributed by atoms with Gasteiger partial charge in [0.15, 0.2) is 17.4 Å². The van der Waals surface area contributed by atoms with Gasteiger partial charge in [0.05, 0.1) is 0 Å². The molecule has 2 amide bonds. The molecule has 30 heavy (non-hydrogen) atoms. The van der Waals surface area contributed by atoms with Crippen molar-refractivity contribution in [2.75, 3.05) is 5.32 Å². The van der Waals surface area contributed by atoms with E-state index in [-0.39, 0.29) is 23.2 Å². The van der Waals surface area contributed by atoms with Crippen molar-refractivity contribution in [3.05, 3.63) is 64.4 Å². The quantitative estimate of drug-likeness (QED) is 0.500. The maximum absolute atomic E-state index is 13.9. The zero-order valence-corrected chi connectivity index (χ0v) is 16.0. The number of furan rings is 1. The topological polar surface area (TPSA) is 80.3 Å². The van der Waals surface area contributed by atoms with Crippen LogP contribution in [0.15, 0.2) is 34.7 Å². The van der Waals surface area contributed by atoms with Crippen LogP contribution in [0, 0.1) is 25.5 Å². The first kappa shape index (κ1) is 21.6. The smallest absolute Gasteiger partial charge is 0.416 e. The third-order valence-electron chi connectivity index (χ3n) is 4.68. The third-order valence-corrected chi connectivity index (χ3v) is 4.68. The predicted molar refractivity (Wildman–Crippen MR) is 101 cm³/mol. The molecule has 0 radical (unpaired) electrons. The van der Waals surface area contributed by atoms with Crippen LogP contribution in [0.2, 0.25) is 0 Å². The van der Waals surface area contributed by atoms with Gasteiger partial charge in [0.2, 0.25) is 0 Å². The first-order valence-electron chi connectivity index (χ1n) is 8.83. The third kappa shape index (κ3) is 4.23. The molecule has 0 aliphatic heterocycles. The van der Waals surface area contributed by atoms with Gasteiger partial charge in [0.1, 0.15) is 11.6 Å². The lowest BCUT2D eigenvalue weighted by atomic mass is 10.1. The maximum atomic E-state index is 13.9. The number of carbonyl (C=O) groups excluding carboxylic acids is 1. The summed E-state index contributed by atoms with van der Waals surface area (Å²) in [6.45, 7) is 3.25. The maximum Gasteiger partial charge on any atom is 0.416 e. The van der Waals surface area contributed by atoms with Gasteiger partial charge >= 0.3 is 12.2 Å². The van der Waals surface area contributed by atoms with Crippen molar-refractivity contribution in [2.24, 2.45) is 5.73 Å². The van der Waals surface area contributed by atoms with Gasteiger partial charge < -0.3 is 20.8 Å². The van der Waals surface area contributed by atoms with Crippen molar-refractivity contribution in [3.63, 3.8) is 0 Å². The van der Waals surface area contributed by atoms with Crippen molar-refractivity contribution in [1.29, 1.82) is 0 Å². The molecule has 0 bridgehead atoms. The Morgan fingerprint density at radius 1 is 1.17 bits per heavy atom. The van der Waals surface area contributed by atoms with Crippen molar-refractivity contribution >= 4 is 22.7 Å². The van der Waals surface area contributed by atoms with Gasteiger partial charge in [-0.15, -0.1) is 0 Å². The minimum absolute atomic E-state index is 0.130. The largest absolute Gasteiger partial charge is 0.455 e. The number of rotatable bonds is 4. The lowest BCUT2D eigenvalue weighted by Gasteiger charge is -2.21. The van der Waals surface area contributed by atoms with E-state index in [0.717, 1.165) is 17.2 Å². The molecule has 2 aromatic carbocycles. The summed E-state index contributed by atoms with van der Waals surface area (Å²) >= 11 is 0. The average Bonchev–Trinajstić information content (AvgIpc) is 2.96. The van der Waals surface area contributed by atoms with Crippen molar-refractivity contribution in [3.8, 4) is 0 Å². The van der Waals surface area contributed by atoms with Crippen LogP contribution in [0.25, 0.3) is 11.0 Å². The van der Waals surface area contributed by atoms with E-state index in [2.05, 4.69) is 5.32 Å². The number of hydrogen-bond donors (Lipinski definition) is 3. The number of nitrogens with one attached hydrogen (secondary N) is 2. The summed E-state index contributed by atoms with van der Waals surface area (Å²) in [6.07, 6.45) is -4.95. The summed E-state index contributed by atoms with van der Waals surface area (Å²) in [6, 6.07) is 2.37. The highest BCUT2D eigenvalue weighted by molar-refractivity contribution is 5.90. The van der Waals surface area contributed by atoms with Crippen LogP contribution in [-0.4, -0.2) is 12.2 Å². The molecule has 0 spiro atoms. The molecule has 0 aliphatic rings. The van der Waals surface area contributed by atoms with Crippen LogP contribution in [0.4, 0.5) is 32.4 Å². The molecular weight excluding hydrogens is 409 g/mol. The van der Waals surface area contributed by atoms with Gasteiger partial charge in [-0.2, -0.15) is 13.2 Å². The van der Waals surface area contributed by atoms with E-state index in [1.165, 1.54) is 13.0 Å². The molecule has 1 heterocycles. The summed E-state index contributed by atoms with van der Waals surface area (Å²) in [4.78, 5) is 12.2. The molecule has 10 heteroatoms. The minimum Gasteiger partial charge on any atom is -0.455 e. The van der Waals surface area contributed by atoms with Crippen LogP contribution in [0.3, 0.4) is 0 Å². The normalized spacial score (nSPS) is 12.8. The molecule has 0 saturated carbocycles. The summed E-state index contributed by atoms with van der Waals surface area (Å²) in [7, 11) is 0. The number of hydrogen-bond acceptors (Lipinski definition) is 3. The summed E-state index contributed by atoms with van der Waals surface area (Å²) in [5, 5.41) is 3.96. The Morgan fingerprint density at radius 3 is 2.47 bits per heavy atom. The van der Waals surface area contributed by atoms with Crippen LogP contribution in [0.5, 0.6) is 0 Å². The Balaban J connectivity index is 1.91. The molecule has 4 N–H and O–H groups in total. The highest BCUT2D eigenvalue weighted by Crippen LogP contribution is 2.39. The molecule has 0 aliphatic carbocycles. The standard InChI is InChI=1S/C20H18F5N3O2/c1-9-5-13(4-3-11(9)8-26)27-19(29)28-18(20(23,24)25)16-10(2)14-6-12(21)7-15(22)17(14)30-16/h3-7,18H,8,26H2,1-2H3,(H2,27,28,29)/t18-/m1/s1. The SMILES string of the molecule is Cc1cc(NC(=O)N[C@H](c2oc3c(F)cc(F)cc3c2C)C(F)(F)F)ccc1CN. The average molecular weight is 427 g/mol. The number of halogens is 5. The van der Waals surface area contributed by atoms with E-state index in [4.69, 9.17) is 10.2 Å². The number of aryl methyl sites for hydroxylation is 2. The van der Waals surface area contributed by atoms with Crippen LogP contribution in [0.1, 0.15) is 28.5 Å². The Kier molecular flexibility index (Phi) is 5.71. The zero-order valence-electron chi connectivity index (χ0n) is 16.0. The molecule has 160 valence electrons. The highest BCUT2D eigenvalue weighted by atomic mass is 19.4. The highest BCUT2D eigenvalue weighted by Gasteiger charge is 2.45. The lowest BCUT2D eigenvalue weighted by Crippen LogP contribution is -2.40. The van der Waals surface area contributed by atoms with Gasteiger partial charge in [-0.25, -0.2) is 13.6 Å². The monoisotopic (exact) mass is 427 g/mol. The summed E-state index contributed by atoms with van der Waals surface area (Å²) < 4.78 is 73.5. The number of nitrogens with two attached hydrogens (primary N) is 1. The Hall–Kier alpha value is -3.14. The van der Waals surface area contributed by atoms with Crippen LogP contribution in [-0.2, 0) is 6.54 Å². The van der Waals surface area contributed by atoms with E-state index in [1.54, 1.807) is 24.4 Å². The van der Waals surface area contributed by atoms with Crippen LogP contribution >= 0.6 is 0 Å².